The zero-order valence-corrected chi connectivity index (χ0v) is 11.3. The molecule has 0 bridgehead atoms. The van der Waals surface area contributed by atoms with Crippen molar-refractivity contribution in [2.24, 2.45) is 0 Å². The Labute approximate surface area is 121 Å². The fourth-order valence-corrected chi connectivity index (χ4v) is 2.42. The number of hydrogen-bond acceptors (Lipinski definition) is 5. The number of carbonyl (C=O) groups excluding carboxylic acids is 2. The maximum Gasteiger partial charge on any atom is 0.251 e. The number of pyridine rings is 1. The Morgan fingerprint density at radius 3 is 2.81 bits per heavy atom. The quantitative estimate of drug-likeness (QED) is 0.837. The minimum atomic E-state index is -0.639. The van der Waals surface area contributed by atoms with E-state index in [0.29, 0.717) is 11.3 Å². The zero-order valence-electron chi connectivity index (χ0n) is 11.3. The molecule has 0 spiro atoms. The highest BCUT2D eigenvalue weighted by atomic mass is 16.2. The lowest BCUT2D eigenvalue weighted by molar-refractivity contribution is -0.136. The number of hydrogen-bond donors (Lipinski definition) is 1. The number of nitrogens with one attached hydrogen (secondary N) is 1. The third kappa shape index (κ3) is 2.09. The van der Waals surface area contributed by atoms with E-state index in [1.807, 2.05) is 24.3 Å². The first kappa shape index (κ1) is 13.1. The van der Waals surface area contributed by atoms with E-state index in [2.05, 4.69) is 16.4 Å². The first-order valence-electron chi connectivity index (χ1n) is 6.46. The highest BCUT2D eigenvalue weighted by Crippen LogP contribution is 2.27. The largest absolute Gasteiger partial charge is 0.372 e. The SMILES string of the molecule is CN1C(=O)CC(Nc2c(C#N)cnc3ccccc23)C1=O. The average molecular weight is 280 g/mol. The Balaban J connectivity index is 2.06. The van der Waals surface area contributed by atoms with Crippen molar-refractivity contribution in [2.75, 3.05) is 12.4 Å². The van der Waals surface area contributed by atoms with Crippen molar-refractivity contribution in [3.8, 4) is 6.07 Å². The van der Waals surface area contributed by atoms with Crippen LogP contribution in [-0.2, 0) is 9.59 Å². The minimum Gasteiger partial charge on any atom is -0.372 e. The third-order valence-corrected chi connectivity index (χ3v) is 3.60. The summed E-state index contributed by atoms with van der Waals surface area (Å²) in [5.41, 5.74) is 1.62. The third-order valence-electron chi connectivity index (χ3n) is 3.60. The molecule has 1 N–H and O–H groups in total. The number of nitrogens with zero attached hydrogens (tertiary/aromatic N) is 3. The molecular formula is C15H12N4O2. The molecule has 2 amide bonds. The first-order chi connectivity index (χ1) is 10.1. The fourth-order valence-electron chi connectivity index (χ4n) is 2.42. The van der Waals surface area contributed by atoms with Crippen molar-refractivity contribution in [1.29, 1.82) is 5.26 Å². The van der Waals surface area contributed by atoms with Gasteiger partial charge in [-0.1, -0.05) is 18.2 Å². The topological polar surface area (TPSA) is 86.1 Å². The van der Waals surface area contributed by atoms with E-state index in [0.717, 1.165) is 15.8 Å². The smallest absolute Gasteiger partial charge is 0.251 e. The molecule has 1 aromatic heterocycles. The number of amides is 2. The van der Waals surface area contributed by atoms with E-state index in [9.17, 15) is 14.9 Å². The molecule has 1 atom stereocenters. The van der Waals surface area contributed by atoms with Crippen molar-refractivity contribution in [1.82, 2.24) is 9.88 Å². The van der Waals surface area contributed by atoms with Crippen molar-refractivity contribution in [2.45, 2.75) is 12.5 Å². The summed E-state index contributed by atoms with van der Waals surface area (Å²) in [7, 11) is 1.46. The van der Waals surface area contributed by atoms with Crippen LogP contribution in [0.2, 0.25) is 0 Å². The Hall–Kier alpha value is -2.94. The van der Waals surface area contributed by atoms with E-state index in [4.69, 9.17) is 0 Å². The van der Waals surface area contributed by atoms with Gasteiger partial charge in [0.2, 0.25) is 5.91 Å². The molecule has 0 saturated carbocycles. The molecular weight excluding hydrogens is 268 g/mol. The molecule has 1 fully saturated rings. The van der Waals surface area contributed by atoms with Crippen LogP contribution in [0.3, 0.4) is 0 Å². The van der Waals surface area contributed by atoms with Crippen molar-refractivity contribution < 1.29 is 9.59 Å². The Morgan fingerprint density at radius 1 is 1.38 bits per heavy atom. The standard InChI is InChI=1S/C15H12N4O2/c1-19-13(20)6-12(15(19)21)18-14-9(7-16)8-17-11-5-3-2-4-10(11)14/h2-5,8,12H,6H2,1H3,(H,17,18). The molecule has 0 aliphatic carbocycles. The number of para-hydroxylation sites is 1. The summed E-state index contributed by atoms with van der Waals surface area (Å²) in [6.07, 6.45) is 1.56. The average Bonchev–Trinajstić information content (AvgIpc) is 2.75. The van der Waals surface area contributed by atoms with Crippen LogP contribution in [0.4, 0.5) is 5.69 Å². The number of likely N-dealkylation sites (N-methyl/N-ethyl adjacent to an activating group) is 1. The fraction of sp³-hybridized carbons (Fsp3) is 0.200. The molecule has 3 rings (SSSR count). The maximum atomic E-state index is 12.0. The number of aromatic nitrogens is 1. The monoisotopic (exact) mass is 280 g/mol. The summed E-state index contributed by atoms with van der Waals surface area (Å²) in [5, 5.41) is 13.0. The van der Waals surface area contributed by atoms with Gasteiger partial charge in [0.25, 0.3) is 5.91 Å². The minimum absolute atomic E-state index is 0.0941. The van der Waals surface area contributed by atoms with Gasteiger partial charge in [-0.2, -0.15) is 5.26 Å². The van der Waals surface area contributed by atoms with E-state index in [-0.39, 0.29) is 18.2 Å². The maximum absolute atomic E-state index is 12.0. The molecule has 104 valence electrons. The number of rotatable bonds is 2. The summed E-state index contributed by atoms with van der Waals surface area (Å²) in [6.45, 7) is 0. The molecule has 1 unspecified atom stereocenters. The highest BCUT2D eigenvalue weighted by molar-refractivity contribution is 6.07. The van der Waals surface area contributed by atoms with Crippen LogP contribution < -0.4 is 5.32 Å². The molecule has 1 saturated heterocycles. The number of nitriles is 1. The lowest BCUT2D eigenvalue weighted by atomic mass is 10.1. The molecule has 21 heavy (non-hydrogen) atoms. The number of anilines is 1. The van der Waals surface area contributed by atoms with Crippen LogP contribution in [-0.4, -0.2) is 34.8 Å². The number of fused-ring (bicyclic) bond motifs is 1. The van der Waals surface area contributed by atoms with Crippen LogP contribution in [0.15, 0.2) is 30.5 Å². The Bertz CT molecular complexity index is 794. The highest BCUT2D eigenvalue weighted by Gasteiger charge is 2.36. The van der Waals surface area contributed by atoms with Crippen LogP contribution >= 0.6 is 0 Å². The second kappa shape index (κ2) is 4.87. The van der Waals surface area contributed by atoms with E-state index < -0.39 is 6.04 Å². The van der Waals surface area contributed by atoms with E-state index in [1.165, 1.54) is 13.2 Å². The Morgan fingerprint density at radius 2 is 2.14 bits per heavy atom. The van der Waals surface area contributed by atoms with Gasteiger partial charge < -0.3 is 5.32 Å². The number of likely N-dealkylation sites (tertiary alicyclic amines) is 1. The number of imide groups is 1. The predicted molar refractivity (Wildman–Crippen MR) is 76.3 cm³/mol. The van der Waals surface area contributed by atoms with E-state index in [1.54, 1.807) is 0 Å². The van der Waals surface area contributed by atoms with Crippen molar-refractivity contribution >= 4 is 28.4 Å². The normalized spacial score (nSPS) is 18.1. The summed E-state index contributed by atoms with van der Waals surface area (Å²) in [5.74, 6) is -0.515. The van der Waals surface area contributed by atoms with Crippen molar-refractivity contribution in [3.63, 3.8) is 0 Å². The van der Waals surface area contributed by atoms with Gasteiger partial charge in [-0.05, 0) is 6.07 Å². The van der Waals surface area contributed by atoms with Crippen molar-refractivity contribution in [3.05, 3.63) is 36.0 Å². The van der Waals surface area contributed by atoms with Gasteiger partial charge >= 0.3 is 0 Å². The summed E-state index contributed by atoms with van der Waals surface area (Å²) in [4.78, 5) is 28.9. The lowest BCUT2D eigenvalue weighted by Crippen LogP contribution is -2.32. The second-order valence-corrected chi connectivity index (χ2v) is 4.87. The summed E-state index contributed by atoms with van der Waals surface area (Å²) >= 11 is 0. The van der Waals surface area contributed by atoms with E-state index >= 15 is 0 Å². The van der Waals surface area contributed by atoms with Crippen LogP contribution in [0, 0.1) is 11.3 Å². The zero-order chi connectivity index (χ0) is 15.0. The first-order valence-corrected chi connectivity index (χ1v) is 6.46. The molecule has 1 aliphatic heterocycles. The molecule has 6 nitrogen and oxygen atoms in total. The van der Waals surface area contributed by atoms with Crippen LogP contribution in [0.25, 0.3) is 10.9 Å². The van der Waals surface area contributed by atoms with Gasteiger partial charge in [-0.25, -0.2) is 0 Å². The molecule has 2 heterocycles. The number of benzene rings is 1. The predicted octanol–water partition coefficient (Wildman–Crippen LogP) is 1.28. The molecule has 0 radical (unpaired) electrons. The molecule has 6 heteroatoms. The van der Waals surface area contributed by atoms with Gasteiger partial charge in [0.05, 0.1) is 23.2 Å². The second-order valence-electron chi connectivity index (χ2n) is 4.87. The summed E-state index contributed by atoms with van der Waals surface area (Å²) < 4.78 is 0. The van der Waals surface area contributed by atoms with Gasteiger partial charge in [0.15, 0.2) is 0 Å². The Kier molecular flexibility index (Phi) is 3.03. The molecule has 1 aromatic carbocycles. The van der Waals surface area contributed by atoms with Gasteiger partial charge in [0.1, 0.15) is 12.1 Å². The van der Waals surface area contributed by atoms with Crippen LogP contribution in [0.1, 0.15) is 12.0 Å². The molecule has 1 aliphatic rings. The van der Waals surface area contributed by atoms with Gasteiger partial charge in [-0.3, -0.25) is 19.5 Å². The summed E-state index contributed by atoms with van der Waals surface area (Å²) in [6, 6.07) is 8.77. The molecule has 2 aromatic rings. The van der Waals surface area contributed by atoms with Gasteiger partial charge in [0, 0.05) is 18.6 Å². The lowest BCUT2D eigenvalue weighted by Gasteiger charge is -2.15. The number of carbonyl (C=O) groups is 2. The van der Waals surface area contributed by atoms with Gasteiger partial charge in [-0.15, -0.1) is 0 Å². The van der Waals surface area contributed by atoms with Crippen LogP contribution in [0.5, 0.6) is 0 Å².